The van der Waals surface area contributed by atoms with E-state index in [1.165, 1.54) is 0 Å². The fraction of sp³-hybridized carbons (Fsp3) is 0.0800. The van der Waals surface area contributed by atoms with Crippen molar-refractivity contribution in [3.63, 3.8) is 0 Å². The van der Waals surface area contributed by atoms with Gasteiger partial charge in [0.2, 0.25) is 0 Å². The van der Waals surface area contributed by atoms with Gasteiger partial charge in [0.1, 0.15) is 22.6 Å². The summed E-state index contributed by atoms with van der Waals surface area (Å²) >= 11 is 3.46. The van der Waals surface area contributed by atoms with Gasteiger partial charge in [-0.2, -0.15) is 0 Å². The molecule has 0 atom stereocenters. The Kier molecular flexibility index (Phi) is 5.43. The summed E-state index contributed by atoms with van der Waals surface area (Å²) in [7, 11) is 1.60. The first-order valence-electron chi connectivity index (χ1n) is 10.3. The molecule has 3 N–H and O–H groups in total. The number of nitrogens with zero attached hydrogens (tertiary/aromatic N) is 3. The molecule has 0 aliphatic heterocycles. The number of hydrogen-bond acceptors (Lipinski definition) is 5. The van der Waals surface area contributed by atoms with E-state index in [4.69, 9.17) is 20.4 Å². The van der Waals surface area contributed by atoms with Crippen LogP contribution in [0.1, 0.15) is 15.9 Å². The molecule has 0 spiro atoms. The normalized spacial score (nSPS) is 11.1. The molecule has 0 saturated heterocycles. The number of aromatic nitrogens is 3. The summed E-state index contributed by atoms with van der Waals surface area (Å²) in [4.78, 5) is 22.9. The molecule has 0 aliphatic rings. The molecular formula is C25H20BrN5O2. The lowest BCUT2D eigenvalue weighted by Gasteiger charge is -2.10. The first-order valence-corrected chi connectivity index (χ1v) is 11.1. The Bertz CT molecular complexity index is 1490. The average molecular weight is 502 g/mol. The number of methoxy groups -OCH3 is 1. The fourth-order valence-electron chi connectivity index (χ4n) is 3.85. The lowest BCUT2D eigenvalue weighted by molar-refractivity contribution is 0.0953. The highest BCUT2D eigenvalue weighted by molar-refractivity contribution is 9.10. The summed E-state index contributed by atoms with van der Waals surface area (Å²) in [6.07, 6.45) is 0. The van der Waals surface area contributed by atoms with Gasteiger partial charge in [0.25, 0.3) is 5.91 Å². The standard InChI is InChI=1S/C25H20BrN5O2/c1-33-20-9-5-2-6-15(20)14-28-25(32)21-22-24(30-19-8-4-3-7-18(19)29-22)31(23(21)27)17-12-10-16(26)11-13-17/h2-13H,14,27H2,1H3,(H,28,32). The summed E-state index contributed by atoms with van der Waals surface area (Å²) in [5.74, 6) is 0.651. The molecule has 0 bridgehead atoms. The topological polar surface area (TPSA) is 95.1 Å². The highest BCUT2D eigenvalue weighted by Gasteiger charge is 2.25. The Morgan fingerprint density at radius 1 is 1.00 bits per heavy atom. The maximum Gasteiger partial charge on any atom is 0.257 e. The Morgan fingerprint density at radius 3 is 2.39 bits per heavy atom. The number of hydrogen-bond donors (Lipinski definition) is 2. The van der Waals surface area contributed by atoms with Gasteiger partial charge in [-0.25, -0.2) is 9.97 Å². The third-order valence-corrected chi connectivity index (χ3v) is 5.97. The Hall–Kier alpha value is -3.91. The molecule has 0 aliphatic carbocycles. The smallest absolute Gasteiger partial charge is 0.257 e. The van der Waals surface area contributed by atoms with Crippen LogP contribution in [0.4, 0.5) is 5.82 Å². The molecule has 0 fully saturated rings. The van der Waals surface area contributed by atoms with Gasteiger partial charge in [0.05, 0.1) is 18.1 Å². The van der Waals surface area contributed by atoms with Crippen molar-refractivity contribution in [1.29, 1.82) is 0 Å². The number of amides is 1. The molecule has 5 aromatic rings. The van der Waals surface area contributed by atoms with Crippen LogP contribution in [0.25, 0.3) is 27.9 Å². The average Bonchev–Trinajstić information content (AvgIpc) is 3.12. The van der Waals surface area contributed by atoms with E-state index in [1.807, 2.05) is 72.8 Å². The van der Waals surface area contributed by atoms with Crippen LogP contribution in [0.15, 0.2) is 77.3 Å². The number of carbonyl (C=O) groups is 1. The lowest BCUT2D eigenvalue weighted by atomic mass is 10.2. The van der Waals surface area contributed by atoms with E-state index >= 15 is 0 Å². The van der Waals surface area contributed by atoms with E-state index in [9.17, 15) is 4.79 Å². The van der Waals surface area contributed by atoms with Gasteiger partial charge in [0, 0.05) is 22.3 Å². The van der Waals surface area contributed by atoms with Crippen molar-refractivity contribution in [1.82, 2.24) is 19.9 Å². The van der Waals surface area contributed by atoms with E-state index in [2.05, 4.69) is 21.2 Å². The van der Waals surface area contributed by atoms with E-state index < -0.39 is 0 Å². The number of nitrogen functional groups attached to an aromatic ring is 1. The third kappa shape index (κ3) is 3.78. The first-order chi connectivity index (χ1) is 16.1. The van der Waals surface area contributed by atoms with E-state index in [0.29, 0.717) is 28.0 Å². The van der Waals surface area contributed by atoms with Crippen molar-refractivity contribution in [2.75, 3.05) is 12.8 Å². The van der Waals surface area contributed by atoms with Gasteiger partial charge < -0.3 is 15.8 Å². The van der Waals surface area contributed by atoms with E-state index in [1.54, 1.807) is 11.7 Å². The van der Waals surface area contributed by atoms with Gasteiger partial charge in [-0.05, 0) is 42.5 Å². The number of anilines is 1. The van der Waals surface area contributed by atoms with Crippen molar-refractivity contribution in [3.05, 3.63) is 88.4 Å². The minimum absolute atomic E-state index is 0.278. The lowest BCUT2D eigenvalue weighted by Crippen LogP contribution is -2.24. The molecule has 8 heteroatoms. The number of nitrogens with one attached hydrogen (secondary N) is 1. The second-order valence-electron chi connectivity index (χ2n) is 7.45. The minimum atomic E-state index is -0.330. The van der Waals surface area contributed by atoms with Crippen molar-refractivity contribution in [2.45, 2.75) is 6.54 Å². The second-order valence-corrected chi connectivity index (χ2v) is 8.37. The predicted molar refractivity (Wildman–Crippen MR) is 133 cm³/mol. The Labute approximate surface area is 198 Å². The number of carbonyl (C=O) groups excluding carboxylic acids is 1. The third-order valence-electron chi connectivity index (χ3n) is 5.44. The summed E-state index contributed by atoms with van der Waals surface area (Å²) in [5, 5.41) is 2.96. The first kappa shape index (κ1) is 21.0. The second kappa shape index (κ2) is 8.55. The van der Waals surface area contributed by atoms with E-state index in [0.717, 1.165) is 21.2 Å². The Morgan fingerprint density at radius 2 is 1.67 bits per heavy atom. The summed E-state index contributed by atoms with van der Waals surface area (Å²) < 4.78 is 8.09. The molecule has 7 nitrogen and oxygen atoms in total. The molecule has 5 rings (SSSR count). The van der Waals surface area contributed by atoms with Crippen LogP contribution < -0.4 is 15.8 Å². The van der Waals surface area contributed by atoms with E-state index in [-0.39, 0.29) is 18.3 Å². The molecule has 2 aromatic heterocycles. The van der Waals surface area contributed by atoms with Crippen molar-refractivity contribution < 1.29 is 9.53 Å². The summed E-state index contributed by atoms with van der Waals surface area (Å²) in [6.45, 7) is 0.286. The van der Waals surface area contributed by atoms with Gasteiger partial charge >= 0.3 is 0 Å². The maximum atomic E-state index is 13.4. The largest absolute Gasteiger partial charge is 0.496 e. The van der Waals surface area contributed by atoms with Crippen LogP contribution >= 0.6 is 15.9 Å². The molecule has 0 saturated carbocycles. The number of rotatable bonds is 5. The SMILES string of the molecule is COc1ccccc1CNC(=O)c1c(N)n(-c2ccc(Br)cc2)c2nc3ccccc3nc12. The van der Waals surface area contributed by atoms with Crippen molar-refractivity contribution in [3.8, 4) is 11.4 Å². The maximum absolute atomic E-state index is 13.4. The number of fused-ring (bicyclic) bond motifs is 2. The van der Waals surface area contributed by atoms with Crippen LogP contribution in [0.3, 0.4) is 0 Å². The monoisotopic (exact) mass is 501 g/mol. The minimum Gasteiger partial charge on any atom is -0.496 e. The zero-order chi connectivity index (χ0) is 22.9. The molecule has 33 heavy (non-hydrogen) atoms. The predicted octanol–water partition coefficient (Wildman–Crippen LogP) is 4.86. The van der Waals surface area contributed by atoms with Gasteiger partial charge in [-0.3, -0.25) is 9.36 Å². The highest BCUT2D eigenvalue weighted by atomic mass is 79.9. The fourth-order valence-corrected chi connectivity index (χ4v) is 4.11. The Balaban J connectivity index is 1.64. The zero-order valence-corrected chi connectivity index (χ0v) is 19.3. The van der Waals surface area contributed by atoms with Crippen LogP contribution in [0, 0.1) is 0 Å². The number of nitrogens with two attached hydrogens (primary N) is 1. The number of halogens is 1. The number of benzene rings is 3. The zero-order valence-electron chi connectivity index (χ0n) is 17.7. The highest BCUT2D eigenvalue weighted by Crippen LogP contribution is 2.31. The number of para-hydroxylation sites is 3. The van der Waals surface area contributed by atoms with Gasteiger partial charge in [-0.15, -0.1) is 0 Å². The van der Waals surface area contributed by atoms with Crippen LogP contribution in [-0.2, 0) is 6.54 Å². The summed E-state index contributed by atoms with van der Waals surface area (Å²) in [6, 6.07) is 22.7. The van der Waals surface area contributed by atoms with Gasteiger partial charge in [-0.1, -0.05) is 46.3 Å². The molecular weight excluding hydrogens is 482 g/mol. The molecule has 2 heterocycles. The molecule has 1 amide bonds. The van der Waals surface area contributed by atoms with Gasteiger partial charge in [0.15, 0.2) is 5.65 Å². The van der Waals surface area contributed by atoms with Crippen LogP contribution in [0.5, 0.6) is 5.75 Å². The quantitative estimate of drug-likeness (QED) is 0.358. The molecule has 0 unspecified atom stereocenters. The van der Waals surface area contributed by atoms with Crippen LogP contribution in [-0.4, -0.2) is 27.6 Å². The van der Waals surface area contributed by atoms with Crippen molar-refractivity contribution in [2.24, 2.45) is 0 Å². The van der Waals surface area contributed by atoms with Crippen LogP contribution in [0.2, 0.25) is 0 Å². The molecule has 164 valence electrons. The molecule has 3 aromatic carbocycles. The molecule has 0 radical (unpaired) electrons. The summed E-state index contributed by atoms with van der Waals surface area (Å²) in [5.41, 5.74) is 10.9. The van der Waals surface area contributed by atoms with Crippen molar-refractivity contribution >= 4 is 49.9 Å². The number of ether oxygens (including phenoxy) is 1.